The van der Waals surface area contributed by atoms with E-state index in [1.165, 1.54) is 12.2 Å². The number of carbonyl (C=O) groups is 2. The highest BCUT2D eigenvalue weighted by molar-refractivity contribution is 6.21. The maximum atomic E-state index is 11.2. The lowest BCUT2D eigenvalue weighted by molar-refractivity contribution is 0.0994. The summed E-state index contributed by atoms with van der Waals surface area (Å²) in [4.78, 5) is 24.1. The molecule has 0 atom stereocenters. The molecule has 0 aromatic heterocycles. The zero-order valence-electron chi connectivity index (χ0n) is 7.68. The normalized spacial score (nSPS) is 12.3. The maximum absolute atomic E-state index is 11.2. The van der Waals surface area contributed by atoms with Crippen LogP contribution in [0.5, 0.6) is 0 Å². The molecule has 0 radical (unpaired) electrons. The van der Waals surface area contributed by atoms with Gasteiger partial charge in [0.25, 0.3) is 0 Å². The van der Waals surface area contributed by atoms with E-state index in [9.17, 15) is 9.59 Å². The molecule has 1 aliphatic carbocycles. The summed E-state index contributed by atoms with van der Waals surface area (Å²) in [5.41, 5.74) is 13.3. The molecule has 1 N–H and O–H groups in total. The molecule has 0 unspecified atom stereocenters. The Morgan fingerprint density at radius 2 is 1.33 bits per heavy atom. The summed E-state index contributed by atoms with van der Waals surface area (Å²) in [6.45, 7) is 0. The van der Waals surface area contributed by atoms with E-state index in [4.69, 9.17) is 11.1 Å². The largest absolute Gasteiger partial charge is 0.289 e. The predicted molar refractivity (Wildman–Crippen MR) is 53.7 cm³/mol. The average Bonchev–Trinajstić information content (AvgIpc) is 2.25. The minimum atomic E-state index is -0.0924. The minimum absolute atomic E-state index is 0.0924. The first-order valence-corrected chi connectivity index (χ1v) is 4.07. The van der Waals surface area contributed by atoms with Crippen LogP contribution in [-0.4, -0.2) is 11.6 Å². The van der Waals surface area contributed by atoms with Crippen LogP contribution in [0.4, 0.5) is 0 Å². The molecule has 0 saturated heterocycles. The number of nitrogens with one attached hydrogen (secondary N) is 1. The molecule has 0 heterocycles. The van der Waals surface area contributed by atoms with Gasteiger partial charge in [0.1, 0.15) is 0 Å². The van der Waals surface area contributed by atoms with Crippen LogP contribution in [0.25, 0.3) is 10.4 Å². The van der Waals surface area contributed by atoms with Gasteiger partial charge >= 0.3 is 0 Å². The van der Waals surface area contributed by atoms with Crippen molar-refractivity contribution in [1.29, 1.82) is 5.53 Å². The van der Waals surface area contributed by atoms with Crippen molar-refractivity contribution in [2.45, 2.75) is 0 Å². The molecule has 5 nitrogen and oxygen atoms in total. The third-order valence-electron chi connectivity index (χ3n) is 1.84. The molecule has 1 aliphatic rings. The first-order valence-electron chi connectivity index (χ1n) is 4.07. The molecule has 1 aromatic rings. The van der Waals surface area contributed by atoms with Crippen molar-refractivity contribution in [3.8, 4) is 0 Å². The van der Waals surface area contributed by atoms with Crippen LogP contribution in [0.2, 0.25) is 0 Å². The molecule has 2 rings (SSSR count). The van der Waals surface area contributed by atoms with Gasteiger partial charge in [-0.05, 0) is 22.6 Å². The summed E-state index contributed by atoms with van der Waals surface area (Å²) in [6, 6.07) is 6.84. The Hall–Kier alpha value is -2.39. The Labute approximate surface area is 85.4 Å². The van der Waals surface area contributed by atoms with Crippen LogP contribution < -0.4 is 0 Å². The van der Waals surface area contributed by atoms with Gasteiger partial charge in [0, 0.05) is 11.1 Å². The number of fused-ring (bicyclic) bond motifs is 1. The summed E-state index contributed by atoms with van der Waals surface area (Å²) < 4.78 is 0. The predicted octanol–water partition coefficient (Wildman–Crippen LogP) is 2.50. The molecule has 0 saturated carbocycles. The van der Waals surface area contributed by atoms with Crippen molar-refractivity contribution in [3.05, 3.63) is 58.0 Å². The summed E-state index contributed by atoms with van der Waals surface area (Å²) in [7, 11) is 0. The van der Waals surface area contributed by atoms with E-state index < -0.39 is 0 Å². The van der Waals surface area contributed by atoms with Crippen molar-refractivity contribution < 1.29 is 9.59 Å². The number of benzene rings is 1. The summed E-state index contributed by atoms with van der Waals surface area (Å²) in [6.07, 6.45) is 2.62. The van der Waals surface area contributed by atoms with Gasteiger partial charge in [0.15, 0.2) is 11.6 Å². The number of allylic oxidation sites excluding steroid dienone is 2. The fraction of sp³-hybridized carbons (Fsp3) is 0. The van der Waals surface area contributed by atoms with E-state index in [0.717, 1.165) is 0 Å². The topological polar surface area (TPSA) is 94.4 Å². The highest BCUT2D eigenvalue weighted by atomic mass is 16.1. The van der Waals surface area contributed by atoms with Gasteiger partial charge in [-0.2, -0.15) is 0 Å². The zero-order chi connectivity index (χ0) is 11.3. The molecule has 0 aliphatic heterocycles. The van der Waals surface area contributed by atoms with Crippen LogP contribution in [0.3, 0.4) is 0 Å². The number of rotatable bonds is 0. The van der Waals surface area contributed by atoms with Gasteiger partial charge in [-0.1, -0.05) is 24.3 Å². The van der Waals surface area contributed by atoms with E-state index in [2.05, 4.69) is 0 Å². The third-order valence-corrected chi connectivity index (χ3v) is 1.84. The number of carbonyl (C=O) groups excluding carboxylic acids is 2. The van der Waals surface area contributed by atoms with Gasteiger partial charge in [0.05, 0.1) is 0 Å². The van der Waals surface area contributed by atoms with Crippen LogP contribution >= 0.6 is 0 Å². The molecule has 15 heavy (non-hydrogen) atoms. The molecule has 0 spiro atoms. The monoisotopic (exact) mass is 201 g/mol. The molecule has 0 bridgehead atoms. The maximum Gasteiger partial charge on any atom is 0.186 e. The lowest BCUT2D eigenvalue weighted by atomic mass is 9.95. The van der Waals surface area contributed by atoms with Crippen LogP contribution in [0.15, 0.2) is 36.4 Å². The quantitative estimate of drug-likeness (QED) is 0.396. The molecule has 74 valence electrons. The van der Waals surface area contributed by atoms with Crippen molar-refractivity contribution >= 4 is 11.6 Å². The Bertz CT molecular complexity index is 434. The SMILES string of the molecule is O=C1C=CC(=O)c2ccccc21.[N-]=[N+]=N. The van der Waals surface area contributed by atoms with E-state index in [0.29, 0.717) is 11.1 Å². The molecule has 0 fully saturated rings. The Kier molecular flexibility index (Phi) is 3.38. The standard InChI is InChI=1S/C10H6O2.HN3/c11-9-5-6-10(12)8-4-2-1-3-7(8)9;1-3-2/h1-6H;1H. The molecular formula is C10H7N3O2. The van der Waals surface area contributed by atoms with Gasteiger partial charge in [0.2, 0.25) is 0 Å². The first-order chi connectivity index (χ1) is 7.20. The summed E-state index contributed by atoms with van der Waals surface area (Å²) >= 11 is 0. The second-order valence-electron chi connectivity index (χ2n) is 2.71. The first kappa shape index (κ1) is 10.7. The Morgan fingerprint density at radius 1 is 1.00 bits per heavy atom. The van der Waals surface area contributed by atoms with Crippen molar-refractivity contribution in [2.75, 3.05) is 0 Å². The number of ketones is 2. The molecule has 1 aromatic carbocycles. The lowest BCUT2D eigenvalue weighted by Crippen LogP contribution is -2.10. The summed E-state index contributed by atoms with van der Waals surface area (Å²) in [5, 5.41) is 0. The number of nitrogens with zero attached hydrogens (tertiary/aromatic N) is 2. The third kappa shape index (κ3) is 2.30. The number of hydrogen-bond donors (Lipinski definition) is 1. The fourth-order valence-electron chi connectivity index (χ4n) is 1.24. The van der Waals surface area contributed by atoms with Crippen molar-refractivity contribution in [3.63, 3.8) is 0 Å². The van der Waals surface area contributed by atoms with Gasteiger partial charge in [-0.3, -0.25) is 9.59 Å². The van der Waals surface area contributed by atoms with Crippen LogP contribution in [0.1, 0.15) is 20.7 Å². The average molecular weight is 201 g/mol. The molecular weight excluding hydrogens is 194 g/mol. The van der Waals surface area contributed by atoms with E-state index in [-0.39, 0.29) is 11.6 Å². The van der Waals surface area contributed by atoms with Crippen molar-refractivity contribution in [1.82, 2.24) is 0 Å². The Morgan fingerprint density at radius 3 is 1.67 bits per heavy atom. The van der Waals surface area contributed by atoms with Crippen LogP contribution in [0, 0.1) is 5.53 Å². The smallest absolute Gasteiger partial charge is 0.186 e. The lowest BCUT2D eigenvalue weighted by Gasteiger charge is -2.06. The highest BCUT2D eigenvalue weighted by Gasteiger charge is 2.16. The van der Waals surface area contributed by atoms with E-state index >= 15 is 0 Å². The van der Waals surface area contributed by atoms with E-state index in [1.54, 1.807) is 29.2 Å². The second kappa shape index (κ2) is 4.74. The van der Waals surface area contributed by atoms with Gasteiger partial charge < -0.3 is 0 Å². The van der Waals surface area contributed by atoms with E-state index in [1.807, 2.05) is 0 Å². The molecule has 5 heteroatoms. The van der Waals surface area contributed by atoms with Crippen LogP contribution in [-0.2, 0) is 0 Å². The second-order valence-corrected chi connectivity index (χ2v) is 2.71. The number of hydrogen-bond acceptors (Lipinski definition) is 3. The van der Waals surface area contributed by atoms with Crippen molar-refractivity contribution in [2.24, 2.45) is 0 Å². The van der Waals surface area contributed by atoms with Gasteiger partial charge in [-0.25, -0.2) is 0 Å². The minimum Gasteiger partial charge on any atom is -0.289 e. The highest BCUT2D eigenvalue weighted by Crippen LogP contribution is 2.15. The fourth-order valence-corrected chi connectivity index (χ4v) is 1.24. The zero-order valence-corrected chi connectivity index (χ0v) is 7.68. The Balaban J connectivity index is 0.000000337. The summed E-state index contributed by atoms with van der Waals surface area (Å²) in [5.74, 6) is -0.185. The van der Waals surface area contributed by atoms with Gasteiger partial charge in [-0.15, -0.1) is 5.53 Å². The molecule has 0 amide bonds.